The topological polar surface area (TPSA) is 58.2 Å². The summed E-state index contributed by atoms with van der Waals surface area (Å²) in [6.45, 7) is 8.85. The Morgan fingerprint density at radius 1 is 0.432 bits per heavy atom. The molecular formula is C38H34Br2N2O2. The highest BCUT2D eigenvalue weighted by molar-refractivity contribution is 9.10. The second-order valence-corrected chi connectivity index (χ2v) is 13.7. The van der Waals surface area contributed by atoms with Crippen LogP contribution in [0.3, 0.4) is 0 Å². The zero-order chi connectivity index (χ0) is 31.5. The molecule has 5 rings (SSSR count). The molecule has 0 saturated heterocycles. The lowest BCUT2D eigenvalue weighted by Crippen LogP contribution is -2.21. The molecule has 0 unspecified atom stereocenters. The van der Waals surface area contributed by atoms with Crippen molar-refractivity contribution in [1.29, 1.82) is 0 Å². The van der Waals surface area contributed by atoms with Gasteiger partial charge in [-0.05, 0) is 95.1 Å². The van der Waals surface area contributed by atoms with Gasteiger partial charge in [-0.3, -0.25) is 9.59 Å². The average molecular weight is 711 g/mol. The molecule has 5 aromatic carbocycles. The predicted molar refractivity (Wildman–Crippen MR) is 188 cm³/mol. The second-order valence-electron chi connectivity index (χ2n) is 11.9. The van der Waals surface area contributed by atoms with Gasteiger partial charge in [-0.2, -0.15) is 0 Å². The molecule has 0 aliphatic rings. The van der Waals surface area contributed by atoms with Gasteiger partial charge in [0.05, 0.1) is 0 Å². The van der Waals surface area contributed by atoms with E-state index in [0.29, 0.717) is 11.1 Å². The van der Waals surface area contributed by atoms with Crippen LogP contribution in [0.2, 0.25) is 0 Å². The normalized spacial score (nSPS) is 11.6. The van der Waals surface area contributed by atoms with Gasteiger partial charge in [0.25, 0.3) is 11.8 Å². The molecule has 0 fully saturated rings. The third kappa shape index (κ3) is 7.03. The number of carbonyl (C=O) groups is 2. The second kappa shape index (κ2) is 12.9. The van der Waals surface area contributed by atoms with Crippen LogP contribution in [0, 0.1) is 0 Å². The molecule has 44 heavy (non-hydrogen) atoms. The average Bonchev–Trinajstić information content (AvgIpc) is 3.02. The molecule has 0 saturated carbocycles. The molecule has 222 valence electrons. The number of carbonyl (C=O) groups excluding carboxylic acids is 2. The van der Waals surface area contributed by atoms with Gasteiger partial charge in [-0.1, -0.05) is 108 Å². The lowest BCUT2D eigenvalue weighted by molar-refractivity contribution is 0.101. The molecule has 0 heterocycles. The van der Waals surface area contributed by atoms with Crippen LogP contribution in [0.5, 0.6) is 0 Å². The van der Waals surface area contributed by atoms with Gasteiger partial charge in [0.15, 0.2) is 0 Å². The Hall–Kier alpha value is -4.00. The highest BCUT2D eigenvalue weighted by Gasteiger charge is 2.26. The number of nitrogens with one attached hydrogen (secondary N) is 2. The van der Waals surface area contributed by atoms with Crippen molar-refractivity contribution >= 4 is 55.0 Å². The van der Waals surface area contributed by atoms with Crippen LogP contribution in [-0.4, -0.2) is 11.8 Å². The van der Waals surface area contributed by atoms with E-state index in [4.69, 9.17) is 0 Å². The molecule has 0 spiro atoms. The van der Waals surface area contributed by atoms with Gasteiger partial charge < -0.3 is 10.6 Å². The van der Waals surface area contributed by atoms with E-state index in [1.165, 1.54) is 11.1 Å². The number of hydrogen-bond donors (Lipinski definition) is 2. The summed E-state index contributed by atoms with van der Waals surface area (Å²) in [5.41, 5.74) is 7.00. The maximum Gasteiger partial charge on any atom is 0.255 e. The number of benzene rings is 5. The minimum Gasteiger partial charge on any atom is -0.322 e. The van der Waals surface area contributed by atoms with Crippen LogP contribution in [0.4, 0.5) is 11.4 Å². The summed E-state index contributed by atoms with van der Waals surface area (Å²) < 4.78 is 1.87. The Balaban J connectivity index is 1.25. The standard InChI is InChI=1S/C38H34Br2N2O2/c1-37(2,29-13-21-33(22-14-29)41-35(43)25-5-17-31(39)18-6-25)27-9-11-28(12-10-27)38(3,4)30-15-23-34(24-16-30)42-36(44)26-7-19-32(40)20-8-26/h5-24H,1-4H3,(H,41,43)(H,42,44). The molecule has 0 atom stereocenters. The van der Waals surface area contributed by atoms with E-state index in [2.05, 4.69) is 119 Å². The maximum absolute atomic E-state index is 12.6. The first-order chi connectivity index (χ1) is 20.9. The number of anilines is 2. The lowest BCUT2D eigenvalue weighted by atomic mass is 9.74. The SMILES string of the molecule is CC(C)(c1ccc(NC(=O)c2ccc(Br)cc2)cc1)c1ccc(C(C)(C)c2ccc(NC(=O)c3ccc(Br)cc3)cc2)cc1. The summed E-state index contributed by atoms with van der Waals surface area (Å²) in [6, 6.07) is 39.5. The Kier molecular flexibility index (Phi) is 9.23. The molecule has 0 aromatic heterocycles. The molecule has 0 aliphatic heterocycles. The monoisotopic (exact) mass is 708 g/mol. The van der Waals surface area contributed by atoms with Gasteiger partial charge in [0.1, 0.15) is 0 Å². The number of halogens is 2. The maximum atomic E-state index is 12.6. The minimum atomic E-state index is -0.231. The third-order valence-electron chi connectivity index (χ3n) is 8.27. The van der Waals surface area contributed by atoms with E-state index in [-0.39, 0.29) is 22.6 Å². The van der Waals surface area contributed by atoms with Crippen molar-refractivity contribution in [2.75, 3.05) is 10.6 Å². The molecule has 2 N–H and O–H groups in total. The van der Waals surface area contributed by atoms with Gasteiger partial charge in [-0.15, -0.1) is 0 Å². The first-order valence-corrected chi connectivity index (χ1v) is 16.0. The van der Waals surface area contributed by atoms with Gasteiger partial charge >= 0.3 is 0 Å². The van der Waals surface area contributed by atoms with Crippen LogP contribution in [0.25, 0.3) is 0 Å². The van der Waals surface area contributed by atoms with Crippen molar-refractivity contribution in [2.24, 2.45) is 0 Å². The van der Waals surface area contributed by atoms with Crippen molar-refractivity contribution in [1.82, 2.24) is 0 Å². The first kappa shape index (κ1) is 31.4. The van der Waals surface area contributed by atoms with Crippen molar-refractivity contribution in [3.63, 3.8) is 0 Å². The van der Waals surface area contributed by atoms with E-state index in [1.807, 2.05) is 48.5 Å². The molecule has 0 radical (unpaired) electrons. The van der Waals surface area contributed by atoms with Crippen molar-refractivity contribution < 1.29 is 9.59 Å². The smallest absolute Gasteiger partial charge is 0.255 e. The fraction of sp³-hybridized carbons (Fsp3) is 0.158. The van der Waals surface area contributed by atoms with E-state index in [1.54, 1.807) is 24.3 Å². The highest BCUT2D eigenvalue weighted by Crippen LogP contribution is 2.36. The van der Waals surface area contributed by atoms with Crippen molar-refractivity contribution in [2.45, 2.75) is 38.5 Å². The summed E-state index contributed by atoms with van der Waals surface area (Å²) in [5, 5.41) is 5.96. The molecule has 6 heteroatoms. The first-order valence-electron chi connectivity index (χ1n) is 14.4. The summed E-state index contributed by atoms with van der Waals surface area (Å²) in [5.74, 6) is -0.273. The van der Waals surface area contributed by atoms with Crippen LogP contribution in [0.15, 0.2) is 130 Å². The molecule has 4 nitrogen and oxygen atoms in total. The zero-order valence-corrected chi connectivity index (χ0v) is 28.3. The Morgan fingerprint density at radius 2 is 0.682 bits per heavy atom. The van der Waals surface area contributed by atoms with Gasteiger partial charge in [0.2, 0.25) is 0 Å². The molecule has 0 bridgehead atoms. The van der Waals surface area contributed by atoms with Crippen LogP contribution < -0.4 is 10.6 Å². The van der Waals surface area contributed by atoms with E-state index < -0.39 is 0 Å². The number of hydrogen-bond acceptors (Lipinski definition) is 2. The van der Waals surface area contributed by atoms with Crippen LogP contribution in [-0.2, 0) is 10.8 Å². The van der Waals surface area contributed by atoms with E-state index in [9.17, 15) is 9.59 Å². The Morgan fingerprint density at radius 3 is 0.955 bits per heavy atom. The summed E-state index contributed by atoms with van der Waals surface area (Å²) >= 11 is 6.81. The van der Waals surface area contributed by atoms with Gasteiger partial charge in [-0.25, -0.2) is 0 Å². The lowest BCUT2D eigenvalue weighted by Gasteiger charge is -2.30. The largest absolute Gasteiger partial charge is 0.322 e. The number of amides is 2. The number of rotatable bonds is 8. The fourth-order valence-electron chi connectivity index (χ4n) is 5.19. The molecule has 0 aliphatic carbocycles. The zero-order valence-electron chi connectivity index (χ0n) is 25.1. The summed E-state index contributed by atoms with van der Waals surface area (Å²) in [7, 11) is 0. The van der Waals surface area contributed by atoms with Crippen molar-refractivity contribution in [3.05, 3.63) is 164 Å². The van der Waals surface area contributed by atoms with E-state index >= 15 is 0 Å². The summed E-state index contributed by atoms with van der Waals surface area (Å²) in [6.07, 6.45) is 0. The Bertz CT molecular complexity index is 1620. The molecule has 5 aromatic rings. The molecule has 2 amide bonds. The fourth-order valence-corrected chi connectivity index (χ4v) is 5.72. The van der Waals surface area contributed by atoms with Crippen LogP contribution in [0.1, 0.15) is 70.7 Å². The van der Waals surface area contributed by atoms with E-state index in [0.717, 1.165) is 31.4 Å². The van der Waals surface area contributed by atoms with Crippen molar-refractivity contribution in [3.8, 4) is 0 Å². The quantitative estimate of drug-likeness (QED) is 0.168. The summed E-state index contributed by atoms with van der Waals surface area (Å²) in [4.78, 5) is 25.2. The third-order valence-corrected chi connectivity index (χ3v) is 9.33. The molecular weight excluding hydrogens is 676 g/mol. The minimum absolute atomic E-state index is 0.136. The highest BCUT2D eigenvalue weighted by atomic mass is 79.9. The predicted octanol–water partition coefficient (Wildman–Crippen LogP) is 10.4. The van der Waals surface area contributed by atoms with Crippen LogP contribution >= 0.6 is 31.9 Å². The Labute approximate surface area is 276 Å². The van der Waals surface area contributed by atoms with Gasteiger partial charge in [0, 0.05) is 42.3 Å².